The highest BCUT2D eigenvalue weighted by Crippen LogP contribution is 2.28. The zero-order valence-corrected chi connectivity index (χ0v) is 15.8. The second-order valence-electron chi connectivity index (χ2n) is 6.33. The molecule has 1 atom stereocenters. The number of fused-ring (bicyclic) bond motifs is 2. The Morgan fingerprint density at radius 3 is 2.88 bits per heavy atom. The molecule has 0 radical (unpaired) electrons. The Labute approximate surface area is 154 Å². The SMILES string of the molecule is CCN(Cc1cc(=O)n2nc(C)sc2n1)[C@@H](C)c1cc2ccccc2o1. The number of nitrogens with zero attached hydrogens (tertiary/aromatic N) is 4. The van der Waals surface area contributed by atoms with E-state index in [4.69, 9.17) is 4.42 Å². The number of benzene rings is 1. The van der Waals surface area contributed by atoms with E-state index in [1.807, 2.05) is 31.2 Å². The van der Waals surface area contributed by atoms with E-state index in [1.54, 1.807) is 6.07 Å². The summed E-state index contributed by atoms with van der Waals surface area (Å²) in [6.07, 6.45) is 0. The fourth-order valence-corrected chi connectivity index (χ4v) is 3.92. The average Bonchev–Trinajstić information content (AvgIpc) is 3.22. The van der Waals surface area contributed by atoms with Crippen molar-refractivity contribution >= 4 is 27.3 Å². The second kappa shape index (κ2) is 6.66. The summed E-state index contributed by atoms with van der Waals surface area (Å²) in [6.45, 7) is 7.49. The first-order valence-electron chi connectivity index (χ1n) is 8.64. The molecule has 0 spiro atoms. The smallest absolute Gasteiger partial charge is 0.275 e. The molecule has 6 nitrogen and oxygen atoms in total. The number of furan rings is 1. The van der Waals surface area contributed by atoms with Gasteiger partial charge in [-0.1, -0.05) is 36.5 Å². The summed E-state index contributed by atoms with van der Waals surface area (Å²) in [5, 5.41) is 6.12. The van der Waals surface area contributed by atoms with E-state index in [-0.39, 0.29) is 11.6 Å². The molecule has 134 valence electrons. The van der Waals surface area contributed by atoms with Crippen LogP contribution >= 0.6 is 11.3 Å². The maximum Gasteiger partial charge on any atom is 0.275 e. The summed E-state index contributed by atoms with van der Waals surface area (Å²) in [5.74, 6) is 0.916. The zero-order chi connectivity index (χ0) is 18.3. The molecular formula is C19H20N4O2S. The molecule has 3 aromatic heterocycles. The fraction of sp³-hybridized carbons (Fsp3) is 0.316. The molecule has 7 heteroatoms. The van der Waals surface area contributed by atoms with Crippen LogP contribution in [-0.4, -0.2) is 26.0 Å². The van der Waals surface area contributed by atoms with Gasteiger partial charge in [-0.15, -0.1) is 0 Å². The van der Waals surface area contributed by atoms with Gasteiger partial charge in [0, 0.05) is 18.0 Å². The van der Waals surface area contributed by atoms with Crippen LogP contribution < -0.4 is 5.56 Å². The Bertz CT molecular complexity index is 1090. The van der Waals surface area contributed by atoms with E-state index in [0.717, 1.165) is 34.0 Å². The monoisotopic (exact) mass is 368 g/mol. The first-order valence-corrected chi connectivity index (χ1v) is 9.45. The third-order valence-electron chi connectivity index (χ3n) is 4.57. The summed E-state index contributed by atoms with van der Waals surface area (Å²) in [5.41, 5.74) is 1.51. The minimum absolute atomic E-state index is 0.0795. The molecule has 0 aliphatic rings. The normalized spacial score (nSPS) is 13.1. The third-order valence-corrected chi connectivity index (χ3v) is 5.40. The molecule has 0 aliphatic carbocycles. The van der Waals surface area contributed by atoms with Gasteiger partial charge in [0.15, 0.2) is 0 Å². The Morgan fingerprint density at radius 2 is 2.12 bits per heavy atom. The van der Waals surface area contributed by atoms with Gasteiger partial charge >= 0.3 is 0 Å². The van der Waals surface area contributed by atoms with E-state index in [0.29, 0.717) is 11.5 Å². The van der Waals surface area contributed by atoms with Crippen molar-refractivity contribution < 1.29 is 4.42 Å². The van der Waals surface area contributed by atoms with Crippen molar-refractivity contribution in [2.45, 2.75) is 33.4 Å². The summed E-state index contributed by atoms with van der Waals surface area (Å²) in [4.78, 5) is 19.8. The van der Waals surface area contributed by atoms with Crippen molar-refractivity contribution in [3.8, 4) is 0 Å². The van der Waals surface area contributed by atoms with Gasteiger partial charge in [-0.2, -0.15) is 9.61 Å². The topological polar surface area (TPSA) is 63.6 Å². The Hall–Kier alpha value is -2.51. The van der Waals surface area contributed by atoms with Crippen LogP contribution in [0, 0.1) is 6.92 Å². The molecular weight excluding hydrogens is 348 g/mol. The largest absolute Gasteiger partial charge is 0.459 e. The summed E-state index contributed by atoms with van der Waals surface area (Å²) in [7, 11) is 0. The summed E-state index contributed by atoms with van der Waals surface area (Å²) in [6, 6.07) is 11.7. The average molecular weight is 368 g/mol. The number of aryl methyl sites for hydroxylation is 1. The molecule has 26 heavy (non-hydrogen) atoms. The van der Waals surface area contributed by atoms with E-state index in [9.17, 15) is 4.79 Å². The molecule has 4 rings (SSSR count). The molecule has 0 bridgehead atoms. The van der Waals surface area contributed by atoms with Crippen molar-refractivity contribution in [2.75, 3.05) is 6.54 Å². The summed E-state index contributed by atoms with van der Waals surface area (Å²) < 4.78 is 7.38. The van der Waals surface area contributed by atoms with E-state index in [1.165, 1.54) is 15.9 Å². The van der Waals surface area contributed by atoms with Crippen molar-refractivity contribution in [3.63, 3.8) is 0 Å². The highest BCUT2D eigenvalue weighted by atomic mass is 32.1. The zero-order valence-electron chi connectivity index (χ0n) is 15.0. The number of hydrogen-bond donors (Lipinski definition) is 0. The molecule has 0 aliphatic heterocycles. The first-order chi connectivity index (χ1) is 12.5. The molecule has 3 heterocycles. The lowest BCUT2D eigenvalue weighted by molar-refractivity contribution is 0.189. The lowest BCUT2D eigenvalue weighted by Crippen LogP contribution is -2.28. The van der Waals surface area contributed by atoms with Gasteiger partial charge in [0.1, 0.15) is 16.4 Å². The number of hydrogen-bond acceptors (Lipinski definition) is 6. The maximum atomic E-state index is 12.3. The van der Waals surface area contributed by atoms with E-state index < -0.39 is 0 Å². The fourth-order valence-electron chi connectivity index (χ4n) is 3.15. The van der Waals surface area contributed by atoms with Crippen molar-refractivity contribution in [1.29, 1.82) is 0 Å². The lowest BCUT2D eigenvalue weighted by atomic mass is 10.2. The van der Waals surface area contributed by atoms with Gasteiger partial charge in [0.2, 0.25) is 4.96 Å². The molecule has 0 saturated carbocycles. The first kappa shape index (κ1) is 16.9. The van der Waals surface area contributed by atoms with Crippen LogP contribution in [0.4, 0.5) is 0 Å². The van der Waals surface area contributed by atoms with Crippen molar-refractivity contribution in [3.05, 3.63) is 63.2 Å². The van der Waals surface area contributed by atoms with Crippen LogP contribution in [0.25, 0.3) is 15.9 Å². The molecule has 0 N–H and O–H groups in total. The van der Waals surface area contributed by atoms with Crippen LogP contribution in [0.5, 0.6) is 0 Å². The third kappa shape index (κ3) is 3.04. The van der Waals surface area contributed by atoms with Gasteiger partial charge in [-0.3, -0.25) is 9.69 Å². The van der Waals surface area contributed by atoms with Crippen LogP contribution in [0.15, 0.2) is 45.6 Å². The maximum absolute atomic E-state index is 12.3. The van der Waals surface area contributed by atoms with Gasteiger partial charge in [-0.05, 0) is 32.5 Å². The van der Waals surface area contributed by atoms with Gasteiger partial charge in [0.05, 0.1) is 11.7 Å². The molecule has 4 aromatic rings. The summed E-state index contributed by atoms with van der Waals surface area (Å²) >= 11 is 1.43. The quantitative estimate of drug-likeness (QED) is 0.536. The van der Waals surface area contributed by atoms with Crippen LogP contribution in [0.3, 0.4) is 0 Å². The van der Waals surface area contributed by atoms with Crippen molar-refractivity contribution in [1.82, 2.24) is 19.5 Å². The van der Waals surface area contributed by atoms with Crippen molar-refractivity contribution in [2.24, 2.45) is 0 Å². The molecule has 0 fully saturated rings. The Balaban J connectivity index is 1.63. The van der Waals surface area contributed by atoms with Gasteiger partial charge < -0.3 is 4.42 Å². The van der Waals surface area contributed by atoms with E-state index in [2.05, 4.69) is 34.9 Å². The Kier molecular flexibility index (Phi) is 4.34. The second-order valence-corrected chi connectivity index (χ2v) is 7.49. The minimum Gasteiger partial charge on any atom is -0.459 e. The number of para-hydroxylation sites is 1. The number of aromatic nitrogens is 3. The predicted octanol–water partition coefficient (Wildman–Crippen LogP) is 3.79. The molecule has 0 saturated heterocycles. The molecule has 0 unspecified atom stereocenters. The predicted molar refractivity (Wildman–Crippen MR) is 103 cm³/mol. The highest BCUT2D eigenvalue weighted by Gasteiger charge is 2.20. The van der Waals surface area contributed by atoms with Gasteiger partial charge in [-0.25, -0.2) is 4.98 Å². The molecule has 0 amide bonds. The highest BCUT2D eigenvalue weighted by molar-refractivity contribution is 7.16. The molecule has 1 aromatic carbocycles. The lowest BCUT2D eigenvalue weighted by Gasteiger charge is -2.25. The standard InChI is InChI=1S/C19H20N4O2S/c1-4-22(12(2)17-9-14-7-5-6-8-16(14)25-17)11-15-10-18(24)23-19(20-15)26-13(3)21-23/h5-10,12H,4,11H2,1-3H3/t12-/m0/s1. The van der Waals surface area contributed by atoms with E-state index >= 15 is 0 Å². The minimum atomic E-state index is -0.137. The Morgan fingerprint density at radius 1 is 1.31 bits per heavy atom. The van der Waals surface area contributed by atoms with Gasteiger partial charge in [0.25, 0.3) is 5.56 Å². The van der Waals surface area contributed by atoms with Crippen LogP contribution in [0.1, 0.15) is 36.4 Å². The number of rotatable bonds is 5. The van der Waals surface area contributed by atoms with Crippen LogP contribution in [-0.2, 0) is 6.54 Å². The van der Waals surface area contributed by atoms with Crippen LogP contribution in [0.2, 0.25) is 0 Å².